The van der Waals surface area contributed by atoms with E-state index >= 15 is 0 Å². The Morgan fingerprint density at radius 3 is 2.05 bits per heavy atom. The van der Waals surface area contributed by atoms with Crippen molar-refractivity contribution in [1.29, 1.82) is 0 Å². The number of benzene rings is 3. The number of hydrogen-bond acceptors (Lipinski definition) is 6. The van der Waals surface area contributed by atoms with E-state index in [4.69, 9.17) is 50.0 Å². The third kappa shape index (κ3) is 8.73. The van der Waals surface area contributed by atoms with E-state index < -0.39 is 18.4 Å². The highest BCUT2D eigenvalue weighted by Crippen LogP contribution is 2.35. The minimum atomic E-state index is -1.13. The van der Waals surface area contributed by atoms with Crippen LogP contribution in [0.4, 0.5) is 0 Å². The van der Waals surface area contributed by atoms with Gasteiger partial charge in [-0.05, 0) is 85.4 Å². The molecule has 40 heavy (non-hydrogen) atoms. The van der Waals surface area contributed by atoms with Crippen molar-refractivity contribution in [3.05, 3.63) is 98.4 Å². The van der Waals surface area contributed by atoms with Gasteiger partial charge >= 0.3 is 5.97 Å². The number of nitrogens with zero attached hydrogens (tertiary/aromatic N) is 1. The Balaban J connectivity index is 1.44. The fourth-order valence-corrected chi connectivity index (χ4v) is 5.50. The predicted molar refractivity (Wildman–Crippen MR) is 164 cm³/mol. The van der Waals surface area contributed by atoms with Crippen molar-refractivity contribution in [2.24, 2.45) is 0 Å². The second-order valence-corrected chi connectivity index (χ2v) is 11.6. The van der Waals surface area contributed by atoms with E-state index in [1.165, 1.54) is 5.56 Å². The first-order valence-corrected chi connectivity index (χ1v) is 14.6. The first-order chi connectivity index (χ1) is 19.3. The topological polar surface area (TPSA) is 76.1 Å². The molecule has 3 aromatic carbocycles. The van der Waals surface area contributed by atoms with Crippen molar-refractivity contribution >= 4 is 69.5 Å². The zero-order valence-electron chi connectivity index (χ0n) is 21.5. The van der Waals surface area contributed by atoms with Crippen LogP contribution in [0.2, 0.25) is 10.0 Å². The standard InChI is InChI=1S/C30H27Cl2NO5S2/c31-23-9-5-20(6-10-23)3-1-15-37-25-13-14-26(38-16-2-4-21-7-11-24(32)12-8-21)22(17-25)18-27-29(36)33(19-28(34)35)30(39)40-27/h5-14,17-18H,1-4,15-16,19H2,(H,34,35)/b27-18+. The molecule has 1 heterocycles. The van der Waals surface area contributed by atoms with Gasteiger partial charge in [0.2, 0.25) is 0 Å². The second-order valence-electron chi connectivity index (χ2n) is 9.02. The molecule has 208 valence electrons. The van der Waals surface area contributed by atoms with Crippen LogP contribution in [0.15, 0.2) is 71.6 Å². The number of carbonyl (C=O) groups excluding carboxylic acids is 1. The smallest absolute Gasteiger partial charge is 0.323 e. The van der Waals surface area contributed by atoms with Gasteiger partial charge in [0, 0.05) is 15.6 Å². The molecule has 1 N–H and O–H groups in total. The quantitative estimate of drug-likeness (QED) is 0.123. The molecule has 4 rings (SSSR count). The Bertz CT molecular complexity index is 1390. The summed E-state index contributed by atoms with van der Waals surface area (Å²) in [5.74, 6) is -0.346. The Kier molecular flexibility index (Phi) is 10.9. The summed E-state index contributed by atoms with van der Waals surface area (Å²) < 4.78 is 12.3. The summed E-state index contributed by atoms with van der Waals surface area (Å²) in [5.41, 5.74) is 3.00. The van der Waals surface area contributed by atoms with E-state index in [0.29, 0.717) is 45.2 Å². The van der Waals surface area contributed by atoms with Crippen molar-refractivity contribution in [2.45, 2.75) is 25.7 Å². The number of thioether (sulfide) groups is 1. The molecule has 0 aromatic heterocycles. The summed E-state index contributed by atoms with van der Waals surface area (Å²) in [7, 11) is 0. The zero-order chi connectivity index (χ0) is 28.5. The van der Waals surface area contributed by atoms with Crippen LogP contribution in [-0.2, 0) is 22.4 Å². The van der Waals surface area contributed by atoms with E-state index in [-0.39, 0.29) is 4.32 Å². The fraction of sp³-hybridized carbons (Fsp3) is 0.233. The van der Waals surface area contributed by atoms with Gasteiger partial charge in [0.05, 0.1) is 18.1 Å². The lowest BCUT2D eigenvalue weighted by molar-refractivity contribution is -0.140. The van der Waals surface area contributed by atoms with E-state index in [9.17, 15) is 9.59 Å². The highest BCUT2D eigenvalue weighted by atomic mass is 35.5. The molecular formula is C30H27Cl2NO5S2. The SMILES string of the molecule is O=C(O)CN1C(=O)/C(=C\c2cc(OCCCc3ccc(Cl)cc3)ccc2OCCCc2ccc(Cl)cc2)SC1=S. The van der Waals surface area contributed by atoms with Gasteiger partial charge in [-0.1, -0.05) is 71.4 Å². The first-order valence-electron chi connectivity index (χ1n) is 12.6. The van der Waals surface area contributed by atoms with Crippen LogP contribution in [0, 0.1) is 0 Å². The lowest BCUT2D eigenvalue weighted by atomic mass is 10.1. The number of rotatable bonds is 13. The summed E-state index contributed by atoms with van der Waals surface area (Å²) >= 11 is 18.2. The minimum absolute atomic E-state index is 0.207. The third-order valence-electron chi connectivity index (χ3n) is 6.01. The maximum Gasteiger partial charge on any atom is 0.323 e. The summed E-state index contributed by atoms with van der Waals surface area (Å²) in [6, 6.07) is 20.9. The van der Waals surface area contributed by atoms with Gasteiger partial charge in [0.25, 0.3) is 5.91 Å². The van der Waals surface area contributed by atoms with Gasteiger partial charge in [0.15, 0.2) is 0 Å². The number of carbonyl (C=O) groups is 2. The normalized spacial score (nSPS) is 14.2. The van der Waals surface area contributed by atoms with Crippen LogP contribution >= 0.6 is 47.2 Å². The summed E-state index contributed by atoms with van der Waals surface area (Å²) in [4.78, 5) is 25.4. The molecule has 3 aromatic rings. The number of carboxylic acid groups (broad SMARTS) is 1. The molecule has 6 nitrogen and oxygen atoms in total. The molecule has 0 aliphatic carbocycles. The number of thiocarbonyl (C=S) groups is 1. The second kappa shape index (κ2) is 14.6. The number of hydrogen-bond donors (Lipinski definition) is 1. The molecule has 1 fully saturated rings. The van der Waals surface area contributed by atoms with Crippen LogP contribution < -0.4 is 9.47 Å². The monoisotopic (exact) mass is 615 g/mol. The van der Waals surface area contributed by atoms with Gasteiger partial charge in [0.1, 0.15) is 22.4 Å². The Morgan fingerprint density at radius 1 is 0.900 bits per heavy atom. The molecule has 1 aliphatic heterocycles. The molecule has 1 aliphatic rings. The molecule has 0 unspecified atom stereocenters. The van der Waals surface area contributed by atoms with Gasteiger partial charge in [-0.25, -0.2) is 0 Å². The number of amides is 1. The van der Waals surface area contributed by atoms with Crippen molar-refractivity contribution in [1.82, 2.24) is 4.90 Å². The molecule has 0 spiro atoms. The number of aliphatic carboxylic acids is 1. The average molecular weight is 617 g/mol. The largest absolute Gasteiger partial charge is 0.494 e. The molecule has 0 saturated carbocycles. The number of halogens is 2. The minimum Gasteiger partial charge on any atom is -0.494 e. The number of aryl methyl sites for hydroxylation is 2. The summed E-state index contributed by atoms with van der Waals surface area (Å²) in [6.07, 6.45) is 4.95. The average Bonchev–Trinajstić information content (AvgIpc) is 3.19. The van der Waals surface area contributed by atoms with Crippen molar-refractivity contribution in [3.63, 3.8) is 0 Å². The molecule has 0 atom stereocenters. The Hall–Kier alpha value is -3.04. The van der Waals surface area contributed by atoms with E-state index in [2.05, 4.69) is 0 Å². The molecular weight excluding hydrogens is 589 g/mol. The van der Waals surface area contributed by atoms with E-state index in [1.54, 1.807) is 6.08 Å². The van der Waals surface area contributed by atoms with Gasteiger partial charge < -0.3 is 14.6 Å². The maximum absolute atomic E-state index is 12.9. The van der Waals surface area contributed by atoms with Crippen LogP contribution in [0.1, 0.15) is 29.5 Å². The molecule has 0 radical (unpaired) electrons. The van der Waals surface area contributed by atoms with Crippen molar-refractivity contribution in [2.75, 3.05) is 19.8 Å². The van der Waals surface area contributed by atoms with E-state index in [1.807, 2.05) is 66.7 Å². The van der Waals surface area contributed by atoms with Crippen LogP contribution in [0.5, 0.6) is 11.5 Å². The maximum atomic E-state index is 12.9. The highest BCUT2D eigenvalue weighted by molar-refractivity contribution is 8.26. The van der Waals surface area contributed by atoms with Gasteiger partial charge in [-0.15, -0.1) is 0 Å². The van der Waals surface area contributed by atoms with Gasteiger partial charge in [-0.2, -0.15) is 0 Å². The summed E-state index contributed by atoms with van der Waals surface area (Å²) in [6.45, 7) is 0.488. The van der Waals surface area contributed by atoms with Crippen molar-refractivity contribution < 1.29 is 24.2 Å². The highest BCUT2D eigenvalue weighted by Gasteiger charge is 2.33. The van der Waals surface area contributed by atoms with Crippen LogP contribution in [-0.4, -0.2) is 46.0 Å². The molecule has 0 bridgehead atoms. The first kappa shape index (κ1) is 29.9. The van der Waals surface area contributed by atoms with E-state index in [0.717, 1.165) is 47.9 Å². The van der Waals surface area contributed by atoms with Crippen LogP contribution in [0.3, 0.4) is 0 Å². The fourth-order valence-electron chi connectivity index (χ4n) is 4.00. The number of carboxylic acids is 1. The molecule has 1 saturated heterocycles. The zero-order valence-corrected chi connectivity index (χ0v) is 24.6. The third-order valence-corrected chi connectivity index (χ3v) is 7.89. The van der Waals surface area contributed by atoms with Crippen molar-refractivity contribution in [3.8, 4) is 11.5 Å². The molecule has 10 heteroatoms. The Labute approximate surface area is 252 Å². The lowest BCUT2D eigenvalue weighted by Crippen LogP contribution is -2.33. The molecule has 1 amide bonds. The van der Waals surface area contributed by atoms with Crippen LogP contribution in [0.25, 0.3) is 6.08 Å². The summed E-state index contributed by atoms with van der Waals surface area (Å²) in [5, 5.41) is 10.5. The predicted octanol–water partition coefficient (Wildman–Crippen LogP) is 7.30. The number of ether oxygens (including phenoxy) is 2. The van der Waals surface area contributed by atoms with Gasteiger partial charge in [-0.3, -0.25) is 14.5 Å². The lowest BCUT2D eigenvalue weighted by Gasteiger charge is -2.13. The Morgan fingerprint density at radius 2 is 1.48 bits per heavy atom.